The Kier molecular flexibility index (Phi) is 3.87. The van der Waals surface area contributed by atoms with E-state index in [9.17, 15) is 14.9 Å². The zero-order chi connectivity index (χ0) is 14.8. The summed E-state index contributed by atoms with van der Waals surface area (Å²) in [4.78, 5) is 25.5. The highest BCUT2D eigenvalue weighted by atomic mass is 16.6. The molecule has 0 saturated heterocycles. The largest absolute Gasteiger partial charge is 0.369 e. The Balaban J connectivity index is 2.18. The number of pyridine rings is 1. The number of rotatable bonds is 5. The first kappa shape index (κ1) is 14.2. The van der Waals surface area contributed by atoms with Crippen LogP contribution in [0.5, 0.6) is 0 Å². The molecule has 1 fully saturated rings. The Morgan fingerprint density at radius 2 is 2.20 bits per heavy atom. The van der Waals surface area contributed by atoms with Crippen molar-refractivity contribution in [3.8, 4) is 0 Å². The summed E-state index contributed by atoms with van der Waals surface area (Å²) >= 11 is 0. The predicted octanol–water partition coefficient (Wildman–Crippen LogP) is 2.08. The van der Waals surface area contributed by atoms with Crippen LogP contribution < -0.4 is 11.1 Å². The van der Waals surface area contributed by atoms with Crippen LogP contribution in [0.3, 0.4) is 0 Å². The van der Waals surface area contributed by atoms with Crippen LogP contribution in [-0.2, 0) is 0 Å². The van der Waals surface area contributed by atoms with E-state index >= 15 is 0 Å². The predicted molar refractivity (Wildman–Crippen MR) is 74.5 cm³/mol. The van der Waals surface area contributed by atoms with Crippen molar-refractivity contribution in [2.45, 2.75) is 32.6 Å². The van der Waals surface area contributed by atoms with E-state index in [-0.39, 0.29) is 16.7 Å². The zero-order valence-corrected chi connectivity index (χ0v) is 11.4. The van der Waals surface area contributed by atoms with Gasteiger partial charge >= 0.3 is 0 Å². The summed E-state index contributed by atoms with van der Waals surface area (Å²) in [6.07, 6.45) is 5.78. The first-order chi connectivity index (χ1) is 9.41. The van der Waals surface area contributed by atoms with E-state index in [1.54, 1.807) is 0 Å². The minimum absolute atomic E-state index is 0.0563. The van der Waals surface area contributed by atoms with Crippen molar-refractivity contribution >= 4 is 17.4 Å². The summed E-state index contributed by atoms with van der Waals surface area (Å²) in [7, 11) is 0. The lowest BCUT2D eigenvalue weighted by Crippen LogP contribution is -2.25. The van der Waals surface area contributed by atoms with E-state index in [1.165, 1.54) is 12.8 Å². The number of hydrogen-bond acceptors (Lipinski definition) is 5. The summed E-state index contributed by atoms with van der Waals surface area (Å²) in [5.41, 5.74) is 5.25. The number of carbonyl (C=O) groups excluding carboxylic acids is 1. The molecular weight excluding hydrogens is 260 g/mol. The van der Waals surface area contributed by atoms with Crippen LogP contribution in [-0.4, -0.2) is 22.4 Å². The number of nitro groups is 1. The lowest BCUT2D eigenvalue weighted by molar-refractivity contribution is -0.385. The molecule has 7 heteroatoms. The van der Waals surface area contributed by atoms with Crippen molar-refractivity contribution in [2.75, 3.05) is 11.9 Å². The molecule has 0 unspecified atom stereocenters. The normalized spacial score (nSPS) is 16.9. The van der Waals surface area contributed by atoms with Crippen LogP contribution in [0.2, 0.25) is 0 Å². The number of primary amides is 1. The SMILES string of the molecule is CC1(CNc2ncc([N+](=O)[O-])cc2C(N)=O)CCCC1. The van der Waals surface area contributed by atoms with Crippen molar-refractivity contribution in [3.05, 3.63) is 27.9 Å². The van der Waals surface area contributed by atoms with E-state index in [1.807, 2.05) is 0 Å². The highest BCUT2D eigenvalue weighted by molar-refractivity contribution is 5.98. The summed E-state index contributed by atoms with van der Waals surface area (Å²) in [5.74, 6) is -0.406. The van der Waals surface area contributed by atoms with Gasteiger partial charge in [-0.25, -0.2) is 4.98 Å². The molecule has 0 atom stereocenters. The molecule has 3 N–H and O–H groups in total. The third kappa shape index (κ3) is 3.04. The molecule has 1 amide bonds. The molecule has 1 aromatic heterocycles. The number of amides is 1. The van der Waals surface area contributed by atoms with E-state index in [4.69, 9.17) is 5.73 Å². The van der Waals surface area contributed by atoms with E-state index < -0.39 is 10.8 Å². The third-order valence-corrected chi connectivity index (χ3v) is 3.84. The molecule has 0 aliphatic heterocycles. The van der Waals surface area contributed by atoms with Crippen LogP contribution in [0, 0.1) is 15.5 Å². The number of carbonyl (C=O) groups is 1. The molecule has 0 radical (unpaired) electrons. The highest BCUT2D eigenvalue weighted by Gasteiger charge is 2.29. The molecule has 1 aromatic rings. The first-order valence-electron chi connectivity index (χ1n) is 6.59. The van der Waals surface area contributed by atoms with Crippen molar-refractivity contribution in [2.24, 2.45) is 11.1 Å². The van der Waals surface area contributed by atoms with Gasteiger partial charge in [0.25, 0.3) is 11.6 Å². The van der Waals surface area contributed by atoms with Gasteiger partial charge in [-0.15, -0.1) is 0 Å². The standard InChI is InChI=1S/C13H18N4O3/c1-13(4-2-3-5-13)8-16-12-10(11(14)18)6-9(7-15-12)17(19)20/h6-7H,2-5,8H2,1H3,(H2,14,18)(H,15,16). The molecule has 2 rings (SSSR count). The Hall–Kier alpha value is -2.18. The molecule has 1 aliphatic carbocycles. The fraction of sp³-hybridized carbons (Fsp3) is 0.538. The third-order valence-electron chi connectivity index (χ3n) is 3.84. The fourth-order valence-corrected chi connectivity index (χ4v) is 2.58. The second kappa shape index (κ2) is 5.44. The molecule has 1 aliphatic rings. The lowest BCUT2D eigenvalue weighted by Gasteiger charge is -2.24. The van der Waals surface area contributed by atoms with Crippen molar-refractivity contribution in [3.63, 3.8) is 0 Å². The lowest BCUT2D eigenvalue weighted by atomic mass is 9.89. The summed E-state index contributed by atoms with van der Waals surface area (Å²) in [6, 6.07) is 1.16. The molecule has 0 bridgehead atoms. The molecule has 1 saturated carbocycles. The van der Waals surface area contributed by atoms with Crippen molar-refractivity contribution < 1.29 is 9.72 Å². The quantitative estimate of drug-likeness (QED) is 0.632. The van der Waals surface area contributed by atoms with Crippen LogP contribution in [0.15, 0.2) is 12.3 Å². The first-order valence-corrected chi connectivity index (χ1v) is 6.59. The van der Waals surface area contributed by atoms with Gasteiger partial charge < -0.3 is 11.1 Å². The number of nitrogens with two attached hydrogens (primary N) is 1. The zero-order valence-electron chi connectivity index (χ0n) is 11.4. The minimum Gasteiger partial charge on any atom is -0.369 e. The highest BCUT2D eigenvalue weighted by Crippen LogP contribution is 2.37. The topological polar surface area (TPSA) is 111 Å². The van der Waals surface area contributed by atoms with Crippen LogP contribution in [0.25, 0.3) is 0 Å². The fourth-order valence-electron chi connectivity index (χ4n) is 2.58. The van der Waals surface area contributed by atoms with E-state index in [0.717, 1.165) is 25.1 Å². The number of nitrogens with one attached hydrogen (secondary N) is 1. The monoisotopic (exact) mass is 278 g/mol. The molecule has 7 nitrogen and oxygen atoms in total. The second-order valence-corrected chi connectivity index (χ2v) is 5.58. The second-order valence-electron chi connectivity index (χ2n) is 5.58. The maximum absolute atomic E-state index is 11.4. The van der Waals surface area contributed by atoms with Gasteiger partial charge in [-0.3, -0.25) is 14.9 Å². The Morgan fingerprint density at radius 3 is 2.75 bits per heavy atom. The van der Waals surface area contributed by atoms with Crippen molar-refractivity contribution in [1.29, 1.82) is 0 Å². The minimum atomic E-state index is -0.722. The molecule has 0 spiro atoms. The van der Waals surface area contributed by atoms with Gasteiger partial charge in [0.05, 0.1) is 10.5 Å². The summed E-state index contributed by atoms with van der Waals surface area (Å²) in [5, 5.41) is 13.8. The van der Waals surface area contributed by atoms with E-state index in [2.05, 4.69) is 17.2 Å². The van der Waals surface area contributed by atoms with Gasteiger partial charge in [-0.2, -0.15) is 0 Å². The molecule has 1 heterocycles. The van der Waals surface area contributed by atoms with Gasteiger partial charge in [0.2, 0.25) is 0 Å². The van der Waals surface area contributed by atoms with Gasteiger partial charge in [0.15, 0.2) is 0 Å². The maximum atomic E-state index is 11.4. The summed E-state index contributed by atoms with van der Waals surface area (Å²) in [6.45, 7) is 2.86. The van der Waals surface area contributed by atoms with Gasteiger partial charge in [0, 0.05) is 12.6 Å². The number of nitrogens with zero attached hydrogens (tertiary/aromatic N) is 2. The molecule has 20 heavy (non-hydrogen) atoms. The van der Waals surface area contributed by atoms with Crippen molar-refractivity contribution in [1.82, 2.24) is 4.98 Å². The average Bonchev–Trinajstić information content (AvgIpc) is 2.83. The summed E-state index contributed by atoms with van der Waals surface area (Å²) < 4.78 is 0. The molecule has 108 valence electrons. The number of anilines is 1. The van der Waals surface area contributed by atoms with Gasteiger partial charge in [-0.05, 0) is 18.3 Å². The van der Waals surface area contributed by atoms with E-state index in [0.29, 0.717) is 12.4 Å². The maximum Gasteiger partial charge on any atom is 0.288 e. The Morgan fingerprint density at radius 1 is 1.55 bits per heavy atom. The smallest absolute Gasteiger partial charge is 0.288 e. The number of aromatic nitrogens is 1. The molecule has 0 aromatic carbocycles. The average molecular weight is 278 g/mol. The Labute approximate surface area is 116 Å². The Bertz CT molecular complexity index is 538. The van der Waals surface area contributed by atoms with Crippen LogP contribution >= 0.6 is 0 Å². The van der Waals surface area contributed by atoms with Crippen LogP contribution in [0.1, 0.15) is 43.0 Å². The number of hydrogen-bond donors (Lipinski definition) is 2. The van der Waals surface area contributed by atoms with Gasteiger partial charge in [-0.1, -0.05) is 19.8 Å². The van der Waals surface area contributed by atoms with Gasteiger partial charge in [0.1, 0.15) is 12.0 Å². The van der Waals surface area contributed by atoms with Crippen LogP contribution in [0.4, 0.5) is 11.5 Å². The molecular formula is C13H18N4O3.